The molecule has 3 aliphatic rings. The van der Waals surface area contributed by atoms with E-state index in [2.05, 4.69) is 25.0 Å². The van der Waals surface area contributed by atoms with E-state index in [0.29, 0.717) is 110 Å². The van der Waals surface area contributed by atoms with Crippen molar-refractivity contribution >= 4 is 108 Å². The van der Waals surface area contributed by atoms with Gasteiger partial charge in [-0.3, -0.25) is 27.3 Å². The molecule has 0 unspecified atom stereocenters. The van der Waals surface area contributed by atoms with Gasteiger partial charge in [0.1, 0.15) is 0 Å². The van der Waals surface area contributed by atoms with Crippen LogP contribution in [0.4, 0.5) is 22.7 Å². The highest BCUT2D eigenvalue weighted by atomic mass is 35.5. The molecule has 3 aromatic heterocycles. The minimum atomic E-state index is -3.88. The van der Waals surface area contributed by atoms with E-state index in [1.54, 1.807) is 98.9 Å². The van der Waals surface area contributed by atoms with Crippen LogP contribution in [-0.4, -0.2) is 65.1 Å². The standard InChI is InChI=1S/C20H17N3O3S.C18H15ClN2O3S.C16H12ClN3O3S/c1-12-9-14(21-3)10-17-15(12)7-8-23(17)27(25,26)18-6-4-5-16-19(18)13(2)11-22-20(16)24;1-11-10-20-18(22)14-3-2-4-16(17(11)14)25(23,24)21-8-7-12-5-6-13(19)9-15(12)21;17-11-5-4-10-6-7-20(14(10)8-11)24(22,23)15-3-1-2-12-13(15)9-18-19-16(12)21/h4-6,9-11H,7-8H2,1-2H3,(H,22,24);2-6,9-10H,7-8H2,1H3,(H,20,22);1-5,8-9H,6-7H2,(H,19,21). The number of sulfonamides is 3. The number of benzene rings is 6. The number of H-pyrrole nitrogens is 3. The first-order valence-electron chi connectivity index (χ1n) is 23.6. The van der Waals surface area contributed by atoms with Gasteiger partial charge in [0.15, 0.2) is 5.69 Å². The predicted octanol–water partition coefficient (Wildman–Crippen LogP) is 9.02. The number of hydrogen-bond donors (Lipinski definition) is 3. The third kappa shape index (κ3) is 8.96. The van der Waals surface area contributed by atoms with Gasteiger partial charge in [-0.05, 0) is 135 Å². The normalized spacial score (nSPS) is 13.9. The molecule has 0 amide bonds. The Hall–Kier alpha value is -7.80. The van der Waals surface area contributed by atoms with E-state index in [1.165, 1.54) is 37.4 Å². The van der Waals surface area contributed by atoms with Crippen LogP contribution in [0.3, 0.4) is 0 Å². The van der Waals surface area contributed by atoms with Crippen molar-refractivity contribution < 1.29 is 25.3 Å². The maximum Gasteiger partial charge on any atom is 0.272 e. The van der Waals surface area contributed by atoms with Crippen LogP contribution in [0.1, 0.15) is 33.4 Å². The summed E-state index contributed by atoms with van der Waals surface area (Å²) >= 11 is 12.1. The third-order valence-electron chi connectivity index (χ3n) is 13.7. The molecule has 9 aromatic rings. The third-order valence-corrected chi connectivity index (χ3v) is 19.8. The largest absolute Gasteiger partial charge is 0.328 e. The summed E-state index contributed by atoms with van der Waals surface area (Å²) in [6, 6.07) is 28.1. The van der Waals surface area contributed by atoms with Gasteiger partial charge >= 0.3 is 0 Å². The summed E-state index contributed by atoms with van der Waals surface area (Å²) in [5, 5.41) is 9.22. The number of fused-ring (bicyclic) bond motifs is 6. The number of aryl methyl sites for hydroxylation is 3. The zero-order valence-corrected chi connectivity index (χ0v) is 44.6. The van der Waals surface area contributed by atoms with E-state index in [-0.39, 0.29) is 31.2 Å². The highest BCUT2D eigenvalue weighted by Gasteiger charge is 2.36. The van der Waals surface area contributed by atoms with Crippen molar-refractivity contribution in [3.63, 3.8) is 0 Å². The molecule has 22 heteroatoms. The van der Waals surface area contributed by atoms with Crippen LogP contribution in [0, 0.1) is 27.3 Å². The van der Waals surface area contributed by atoms with Crippen molar-refractivity contribution in [1.29, 1.82) is 0 Å². The van der Waals surface area contributed by atoms with Crippen LogP contribution in [0.15, 0.2) is 151 Å². The van der Waals surface area contributed by atoms with Crippen LogP contribution in [-0.2, 0) is 49.3 Å². The summed E-state index contributed by atoms with van der Waals surface area (Å²) in [4.78, 5) is 45.2. The molecule has 0 atom stereocenters. The Bertz CT molecular complexity index is 4500. The Balaban J connectivity index is 0.000000130. The van der Waals surface area contributed by atoms with Crippen molar-refractivity contribution in [2.45, 2.75) is 54.7 Å². The molecule has 6 heterocycles. The number of pyridine rings is 2. The molecule has 0 spiro atoms. The van der Waals surface area contributed by atoms with E-state index in [0.717, 1.165) is 22.3 Å². The molecule has 0 fully saturated rings. The van der Waals surface area contributed by atoms with Crippen LogP contribution < -0.4 is 29.6 Å². The quantitative estimate of drug-likeness (QED) is 0.134. The number of hydrogen-bond acceptors (Lipinski definition) is 10. The fourth-order valence-electron chi connectivity index (χ4n) is 10.1. The van der Waals surface area contributed by atoms with Gasteiger partial charge in [-0.2, -0.15) is 5.10 Å². The molecule has 386 valence electrons. The maximum absolute atomic E-state index is 13.5. The maximum atomic E-state index is 13.5. The Labute approximate surface area is 446 Å². The van der Waals surface area contributed by atoms with Crippen LogP contribution in [0.25, 0.3) is 37.2 Å². The van der Waals surface area contributed by atoms with Gasteiger partial charge in [0.2, 0.25) is 0 Å². The summed E-state index contributed by atoms with van der Waals surface area (Å²) in [6.07, 6.45) is 6.29. The first kappa shape index (κ1) is 51.7. The molecule has 0 aliphatic carbocycles. The van der Waals surface area contributed by atoms with Gasteiger partial charge in [0, 0.05) is 74.7 Å². The zero-order valence-electron chi connectivity index (χ0n) is 40.7. The van der Waals surface area contributed by atoms with Gasteiger partial charge in [0.25, 0.3) is 46.7 Å². The molecule has 76 heavy (non-hydrogen) atoms. The fraction of sp³-hybridized carbons (Fsp3) is 0.167. The molecule has 0 bridgehead atoms. The second kappa shape index (κ2) is 19.7. The Morgan fingerprint density at radius 3 is 1.50 bits per heavy atom. The van der Waals surface area contributed by atoms with Crippen LogP contribution in [0.5, 0.6) is 0 Å². The number of nitrogens with one attached hydrogen (secondary N) is 3. The molecule has 17 nitrogen and oxygen atoms in total. The average molecular weight is 1120 g/mol. The molecule has 0 saturated heterocycles. The molecular formula is C54H44Cl2N8O9S3. The molecule has 12 rings (SSSR count). The summed E-state index contributed by atoms with van der Waals surface area (Å²) in [6.45, 7) is 13.7. The SMILES string of the molecule is Cc1c[nH]c(=O)c2cccc(S(=O)(=O)N3CCc4ccc(Cl)cc43)c12.O=c1[nH]ncc2c(S(=O)(=O)N3CCc4ccc(Cl)cc43)cccc12.[C-]#[N+]c1cc(C)c2c(c1)N(S(=O)(=O)c1cccc3c(=O)[nH]cc(C)c13)CC2. The molecule has 0 radical (unpaired) electrons. The van der Waals surface area contributed by atoms with E-state index >= 15 is 0 Å². The number of aromatic nitrogens is 4. The van der Waals surface area contributed by atoms with E-state index in [1.807, 2.05) is 19.1 Å². The van der Waals surface area contributed by atoms with Crippen molar-refractivity contribution in [2.24, 2.45) is 0 Å². The van der Waals surface area contributed by atoms with Gasteiger partial charge in [0.05, 0.1) is 44.2 Å². The van der Waals surface area contributed by atoms with Crippen molar-refractivity contribution in [2.75, 3.05) is 32.5 Å². The molecule has 0 saturated carbocycles. The van der Waals surface area contributed by atoms with Gasteiger partial charge in [-0.15, -0.1) is 0 Å². The highest BCUT2D eigenvalue weighted by molar-refractivity contribution is 7.93. The first-order chi connectivity index (χ1) is 36.2. The monoisotopic (exact) mass is 1110 g/mol. The minimum absolute atomic E-state index is 0.0615. The molecule has 6 aromatic carbocycles. The Morgan fingerprint density at radius 2 is 0.987 bits per heavy atom. The molecule has 3 N–H and O–H groups in total. The lowest BCUT2D eigenvalue weighted by atomic mass is 10.1. The molecule has 3 aliphatic heterocycles. The Morgan fingerprint density at radius 1 is 0.526 bits per heavy atom. The number of nitrogens with zero attached hydrogens (tertiary/aromatic N) is 5. The lowest BCUT2D eigenvalue weighted by Crippen LogP contribution is -2.29. The van der Waals surface area contributed by atoms with Crippen molar-refractivity contribution in [3.05, 3.63) is 208 Å². The summed E-state index contributed by atoms with van der Waals surface area (Å²) in [5.41, 5.74) is 6.25. The highest BCUT2D eigenvalue weighted by Crippen LogP contribution is 2.41. The van der Waals surface area contributed by atoms with Crippen molar-refractivity contribution in [3.8, 4) is 0 Å². The number of halogens is 2. The lowest BCUT2D eigenvalue weighted by molar-refractivity contribution is 0.591. The summed E-state index contributed by atoms with van der Waals surface area (Å²) < 4.78 is 84.2. The molecular weight excluding hydrogens is 1070 g/mol. The Kier molecular flexibility index (Phi) is 13.4. The predicted molar refractivity (Wildman–Crippen MR) is 296 cm³/mol. The van der Waals surface area contributed by atoms with Gasteiger partial charge in [-0.25, -0.2) is 35.2 Å². The summed E-state index contributed by atoms with van der Waals surface area (Å²) in [5.74, 6) is 0. The van der Waals surface area contributed by atoms with Crippen LogP contribution in [0.2, 0.25) is 10.0 Å². The van der Waals surface area contributed by atoms with Gasteiger partial charge in [-0.1, -0.05) is 65.2 Å². The second-order valence-corrected chi connectivity index (χ2v) is 24.6. The number of rotatable bonds is 6. The lowest BCUT2D eigenvalue weighted by Gasteiger charge is -2.21. The topological polar surface area (TPSA) is 228 Å². The number of anilines is 3. The zero-order chi connectivity index (χ0) is 54.0. The minimum Gasteiger partial charge on any atom is -0.328 e. The van der Waals surface area contributed by atoms with E-state index in [9.17, 15) is 39.6 Å². The second-order valence-electron chi connectivity index (χ2n) is 18.3. The van der Waals surface area contributed by atoms with E-state index < -0.39 is 35.6 Å². The average Bonchev–Trinajstić information content (AvgIpc) is 4.23. The van der Waals surface area contributed by atoms with E-state index in [4.69, 9.17) is 29.8 Å². The fourth-order valence-corrected chi connectivity index (χ4v) is 15.7. The number of aromatic amines is 3. The van der Waals surface area contributed by atoms with Gasteiger partial charge < -0.3 is 9.97 Å². The van der Waals surface area contributed by atoms with Crippen LogP contribution >= 0.6 is 23.2 Å². The summed E-state index contributed by atoms with van der Waals surface area (Å²) in [7, 11) is -11.5. The first-order valence-corrected chi connectivity index (χ1v) is 28.6. The smallest absolute Gasteiger partial charge is 0.272 e. The van der Waals surface area contributed by atoms with Crippen molar-refractivity contribution in [1.82, 2.24) is 20.2 Å².